The van der Waals surface area contributed by atoms with Crippen molar-refractivity contribution in [2.24, 2.45) is 0 Å². The van der Waals surface area contributed by atoms with Gasteiger partial charge < -0.3 is 4.57 Å². The monoisotopic (exact) mass is 318 g/mol. The van der Waals surface area contributed by atoms with E-state index in [0.717, 1.165) is 28.2 Å². The first-order valence-electron chi connectivity index (χ1n) is 6.69. The van der Waals surface area contributed by atoms with Crippen molar-refractivity contribution in [3.05, 3.63) is 64.2 Å². The second kappa shape index (κ2) is 4.75. The maximum atomic E-state index is 14.3. The predicted molar refractivity (Wildman–Crippen MR) is 85.3 cm³/mol. The van der Waals surface area contributed by atoms with Gasteiger partial charge in [0.05, 0.1) is 16.8 Å². The summed E-state index contributed by atoms with van der Waals surface area (Å²) in [6, 6.07) is 10.9. The number of hydrogen-bond acceptors (Lipinski definition) is 2. The summed E-state index contributed by atoms with van der Waals surface area (Å²) in [6.45, 7) is 2.04. The van der Waals surface area contributed by atoms with Crippen LogP contribution in [0, 0.1) is 12.7 Å². The highest BCUT2D eigenvalue weighted by Crippen LogP contribution is 2.45. The Labute approximate surface area is 130 Å². The first kappa shape index (κ1) is 13.2. The molecule has 4 rings (SSSR count). The lowest BCUT2D eigenvalue weighted by atomic mass is 10.2. The molecule has 0 saturated heterocycles. The summed E-state index contributed by atoms with van der Waals surface area (Å²) in [7, 11) is 0. The van der Waals surface area contributed by atoms with E-state index >= 15 is 0 Å². The van der Waals surface area contributed by atoms with Crippen LogP contribution in [0.4, 0.5) is 4.39 Å². The normalized spacial score (nSPS) is 17.4. The van der Waals surface area contributed by atoms with E-state index in [4.69, 9.17) is 16.6 Å². The Kier molecular flexibility index (Phi) is 2.98. The van der Waals surface area contributed by atoms with Crippen LogP contribution < -0.4 is 0 Å². The molecule has 0 spiro atoms. The number of para-hydroxylation sites is 1. The fourth-order valence-corrected chi connectivity index (χ4v) is 4.49. The van der Waals surface area contributed by atoms with Crippen LogP contribution >= 0.6 is 23.4 Å². The van der Waals surface area contributed by atoms with Crippen LogP contribution in [0.25, 0.3) is 11.0 Å². The molecule has 0 aliphatic carbocycles. The minimum absolute atomic E-state index is 0.152. The molecule has 3 aromatic rings. The number of halogens is 2. The summed E-state index contributed by atoms with van der Waals surface area (Å²) in [5.74, 6) is 1.49. The Hall–Kier alpha value is -1.52. The van der Waals surface area contributed by atoms with Crippen molar-refractivity contribution in [3.63, 3.8) is 0 Å². The van der Waals surface area contributed by atoms with Crippen molar-refractivity contribution < 1.29 is 4.39 Å². The highest BCUT2D eigenvalue weighted by Gasteiger charge is 2.31. The van der Waals surface area contributed by atoms with Crippen LogP contribution in [-0.2, 0) is 5.75 Å². The van der Waals surface area contributed by atoms with Gasteiger partial charge in [-0.2, -0.15) is 0 Å². The third-order valence-corrected chi connectivity index (χ3v) is 5.36. The average Bonchev–Trinajstić information content (AvgIpc) is 3.00. The van der Waals surface area contributed by atoms with E-state index in [1.165, 1.54) is 6.07 Å². The number of aromatic nitrogens is 2. The fourth-order valence-electron chi connectivity index (χ4n) is 2.86. The van der Waals surface area contributed by atoms with Crippen molar-refractivity contribution in [2.75, 3.05) is 0 Å². The maximum absolute atomic E-state index is 14.3. The van der Waals surface area contributed by atoms with E-state index in [0.29, 0.717) is 10.6 Å². The highest BCUT2D eigenvalue weighted by molar-refractivity contribution is 7.99. The minimum Gasteiger partial charge on any atom is -0.310 e. The van der Waals surface area contributed by atoms with Gasteiger partial charge in [0.2, 0.25) is 0 Å². The summed E-state index contributed by atoms with van der Waals surface area (Å²) < 4.78 is 16.4. The van der Waals surface area contributed by atoms with Crippen LogP contribution in [0.5, 0.6) is 0 Å². The molecule has 1 unspecified atom stereocenters. The van der Waals surface area contributed by atoms with Gasteiger partial charge >= 0.3 is 0 Å². The van der Waals surface area contributed by atoms with E-state index in [-0.39, 0.29) is 11.2 Å². The third-order valence-electron chi connectivity index (χ3n) is 3.85. The predicted octanol–water partition coefficient (Wildman–Crippen LogP) is 4.93. The molecule has 1 atom stereocenters. The van der Waals surface area contributed by atoms with Crippen molar-refractivity contribution in [3.8, 4) is 0 Å². The zero-order valence-corrected chi connectivity index (χ0v) is 12.9. The molecule has 0 fully saturated rings. The molecule has 0 radical (unpaired) electrons. The van der Waals surface area contributed by atoms with Gasteiger partial charge in [-0.15, -0.1) is 11.8 Å². The van der Waals surface area contributed by atoms with Crippen LogP contribution in [0.2, 0.25) is 5.02 Å². The molecule has 2 nitrogen and oxygen atoms in total. The number of benzene rings is 2. The maximum Gasteiger partial charge on any atom is 0.130 e. The Balaban J connectivity index is 1.98. The topological polar surface area (TPSA) is 17.8 Å². The summed E-state index contributed by atoms with van der Waals surface area (Å²) in [5, 5.41) is 0.315. The Morgan fingerprint density at radius 3 is 2.90 bits per heavy atom. The lowest BCUT2D eigenvalue weighted by Crippen LogP contribution is -2.06. The van der Waals surface area contributed by atoms with Crippen LogP contribution in [-0.4, -0.2) is 9.55 Å². The van der Waals surface area contributed by atoms with Gasteiger partial charge in [-0.3, -0.25) is 0 Å². The number of imidazole rings is 1. The van der Waals surface area contributed by atoms with Gasteiger partial charge in [0.1, 0.15) is 17.0 Å². The van der Waals surface area contributed by atoms with Crippen molar-refractivity contribution in [1.82, 2.24) is 9.55 Å². The van der Waals surface area contributed by atoms with Gasteiger partial charge in [-0.1, -0.05) is 29.8 Å². The number of thioether (sulfide) groups is 1. The number of hydrogen-bond donors (Lipinski definition) is 0. The SMILES string of the molecule is Cc1cccc2c1nc1n2C(c2c(F)cccc2Cl)SC1. The largest absolute Gasteiger partial charge is 0.310 e. The summed E-state index contributed by atoms with van der Waals surface area (Å²) in [6.07, 6.45) is 0. The van der Waals surface area contributed by atoms with E-state index in [1.807, 2.05) is 25.1 Å². The van der Waals surface area contributed by atoms with E-state index < -0.39 is 0 Å². The molecule has 1 aliphatic rings. The summed E-state index contributed by atoms with van der Waals surface area (Å²) in [5.41, 5.74) is 3.71. The average molecular weight is 319 g/mol. The second-order valence-electron chi connectivity index (χ2n) is 5.14. The lowest BCUT2D eigenvalue weighted by molar-refractivity contribution is 0.599. The van der Waals surface area contributed by atoms with Crippen LogP contribution in [0.1, 0.15) is 22.3 Å². The third kappa shape index (κ3) is 1.89. The van der Waals surface area contributed by atoms with Gasteiger partial charge in [0, 0.05) is 10.6 Å². The van der Waals surface area contributed by atoms with Gasteiger partial charge in [0.25, 0.3) is 0 Å². The molecular formula is C16H12ClFN2S. The van der Waals surface area contributed by atoms with Crippen molar-refractivity contribution in [2.45, 2.75) is 18.1 Å². The molecular weight excluding hydrogens is 307 g/mol. The lowest BCUT2D eigenvalue weighted by Gasteiger charge is -2.16. The zero-order valence-electron chi connectivity index (χ0n) is 11.3. The summed E-state index contributed by atoms with van der Waals surface area (Å²) in [4.78, 5) is 4.70. The molecule has 0 amide bonds. The zero-order chi connectivity index (χ0) is 14.6. The molecule has 2 aromatic carbocycles. The first-order chi connectivity index (χ1) is 10.2. The highest BCUT2D eigenvalue weighted by atomic mass is 35.5. The molecule has 1 aromatic heterocycles. The molecule has 1 aliphatic heterocycles. The Morgan fingerprint density at radius 2 is 2.10 bits per heavy atom. The van der Waals surface area contributed by atoms with E-state index in [1.54, 1.807) is 23.9 Å². The van der Waals surface area contributed by atoms with Crippen LogP contribution in [0.15, 0.2) is 36.4 Å². The number of fused-ring (bicyclic) bond motifs is 3. The molecule has 2 heterocycles. The summed E-state index contributed by atoms with van der Waals surface area (Å²) >= 11 is 7.89. The smallest absolute Gasteiger partial charge is 0.130 e. The Bertz CT molecular complexity index is 839. The van der Waals surface area contributed by atoms with Gasteiger partial charge in [0.15, 0.2) is 0 Å². The molecule has 21 heavy (non-hydrogen) atoms. The minimum atomic E-state index is -0.262. The Morgan fingerprint density at radius 1 is 1.29 bits per heavy atom. The number of aryl methyl sites for hydroxylation is 1. The second-order valence-corrected chi connectivity index (χ2v) is 6.62. The molecule has 5 heteroatoms. The van der Waals surface area contributed by atoms with E-state index in [2.05, 4.69) is 4.57 Å². The first-order valence-corrected chi connectivity index (χ1v) is 8.11. The molecule has 0 bridgehead atoms. The number of nitrogens with zero attached hydrogens (tertiary/aromatic N) is 2. The van der Waals surface area contributed by atoms with Gasteiger partial charge in [-0.25, -0.2) is 9.37 Å². The molecule has 106 valence electrons. The molecule has 0 saturated carbocycles. The molecule has 0 N–H and O–H groups in total. The standard InChI is InChI=1S/C16H12ClFN2S/c1-9-4-2-7-12-15(9)19-13-8-21-16(20(12)13)14-10(17)5-3-6-11(14)18/h2-7,16H,8H2,1H3. The van der Waals surface area contributed by atoms with E-state index in [9.17, 15) is 4.39 Å². The number of rotatable bonds is 1. The van der Waals surface area contributed by atoms with Crippen LogP contribution in [0.3, 0.4) is 0 Å². The quantitative estimate of drug-likeness (QED) is 0.633. The fraction of sp³-hybridized carbons (Fsp3) is 0.188. The van der Waals surface area contributed by atoms with Gasteiger partial charge in [-0.05, 0) is 30.7 Å². The van der Waals surface area contributed by atoms with Crippen molar-refractivity contribution >= 4 is 34.4 Å². The van der Waals surface area contributed by atoms with Crippen molar-refractivity contribution in [1.29, 1.82) is 0 Å².